The third-order valence-corrected chi connectivity index (χ3v) is 4.00. The van der Waals surface area contributed by atoms with Gasteiger partial charge in [-0.3, -0.25) is 4.79 Å². The highest BCUT2D eigenvalue weighted by molar-refractivity contribution is 6.05. The first-order valence-corrected chi connectivity index (χ1v) is 9.17. The van der Waals surface area contributed by atoms with Crippen molar-refractivity contribution in [3.8, 4) is 0 Å². The Labute approximate surface area is 167 Å². The van der Waals surface area contributed by atoms with Crippen LogP contribution >= 0.6 is 0 Å². The number of nitrogens with one attached hydrogen (secondary N) is 1. The number of ether oxygens (including phenoxy) is 1. The van der Waals surface area contributed by atoms with Gasteiger partial charge in [-0.1, -0.05) is 24.3 Å². The summed E-state index contributed by atoms with van der Waals surface area (Å²) < 4.78 is 5.39. The summed E-state index contributed by atoms with van der Waals surface area (Å²) >= 11 is 0. The maximum absolute atomic E-state index is 12.7. The van der Waals surface area contributed by atoms with Gasteiger partial charge >= 0.3 is 6.09 Å². The number of benzene rings is 2. The zero-order valence-corrected chi connectivity index (χ0v) is 17.4. The van der Waals surface area contributed by atoms with Gasteiger partial charge in [0.25, 0.3) is 5.91 Å². The van der Waals surface area contributed by atoms with Crippen LogP contribution in [-0.4, -0.2) is 43.6 Å². The minimum atomic E-state index is -0.559. The van der Waals surface area contributed by atoms with Crippen molar-refractivity contribution >= 4 is 23.4 Å². The average molecular weight is 383 g/mol. The molecule has 0 aliphatic carbocycles. The SMILES string of the molecule is CN(Cc1ccccc1NC(=O)c1cccc(N(C)C)c1)C(=O)OC(C)(C)C. The van der Waals surface area contributed by atoms with E-state index in [9.17, 15) is 9.59 Å². The molecule has 0 saturated heterocycles. The number of para-hydroxylation sites is 1. The van der Waals surface area contributed by atoms with Gasteiger partial charge in [-0.15, -0.1) is 0 Å². The van der Waals surface area contributed by atoms with Crippen LogP contribution in [0.5, 0.6) is 0 Å². The zero-order chi connectivity index (χ0) is 20.9. The molecule has 2 amide bonds. The third-order valence-electron chi connectivity index (χ3n) is 4.00. The molecule has 0 atom stereocenters. The molecule has 0 bridgehead atoms. The molecule has 0 heterocycles. The number of hydrogen-bond donors (Lipinski definition) is 1. The maximum atomic E-state index is 12.7. The molecule has 2 aromatic carbocycles. The second-order valence-corrected chi connectivity index (χ2v) is 7.89. The molecule has 0 aliphatic rings. The monoisotopic (exact) mass is 383 g/mol. The average Bonchev–Trinajstić information content (AvgIpc) is 2.62. The zero-order valence-electron chi connectivity index (χ0n) is 17.4. The number of anilines is 2. The summed E-state index contributed by atoms with van der Waals surface area (Å²) in [5.41, 5.74) is 2.45. The number of carbonyl (C=O) groups is 2. The molecule has 150 valence electrons. The van der Waals surface area contributed by atoms with Gasteiger partial charge in [0.05, 0.1) is 6.54 Å². The van der Waals surface area contributed by atoms with Gasteiger partial charge in [0, 0.05) is 38.1 Å². The van der Waals surface area contributed by atoms with E-state index in [0.29, 0.717) is 17.8 Å². The van der Waals surface area contributed by atoms with E-state index in [0.717, 1.165) is 11.3 Å². The highest BCUT2D eigenvalue weighted by Crippen LogP contribution is 2.20. The van der Waals surface area contributed by atoms with E-state index >= 15 is 0 Å². The molecule has 1 N–H and O–H groups in total. The Hall–Kier alpha value is -3.02. The van der Waals surface area contributed by atoms with Gasteiger partial charge in [-0.05, 0) is 50.6 Å². The molecule has 0 aromatic heterocycles. The Bertz CT molecular complexity index is 841. The number of amides is 2. The van der Waals surface area contributed by atoms with Gasteiger partial charge in [0.15, 0.2) is 0 Å². The summed E-state index contributed by atoms with van der Waals surface area (Å²) in [6.45, 7) is 5.81. The Balaban J connectivity index is 2.14. The van der Waals surface area contributed by atoms with Gasteiger partial charge in [0.2, 0.25) is 0 Å². The van der Waals surface area contributed by atoms with Crippen LogP contribution in [0.25, 0.3) is 0 Å². The molecule has 0 unspecified atom stereocenters. The summed E-state index contributed by atoms with van der Waals surface area (Å²) in [7, 11) is 5.53. The predicted molar refractivity (Wildman–Crippen MR) is 113 cm³/mol. The highest BCUT2D eigenvalue weighted by atomic mass is 16.6. The molecule has 6 nitrogen and oxygen atoms in total. The lowest BCUT2D eigenvalue weighted by Gasteiger charge is -2.25. The van der Waals surface area contributed by atoms with Crippen molar-refractivity contribution < 1.29 is 14.3 Å². The first-order valence-electron chi connectivity index (χ1n) is 9.17. The Morgan fingerprint density at radius 1 is 1.00 bits per heavy atom. The summed E-state index contributed by atoms with van der Waals surface area (Å²) in [6, 6.07) is 14.8. The molecule has 2 rings (SSSR count). The van der Waals surface area contributed by atoms with Crippen LogP contribution in [0.15, 0.2) is 48.5 Å². The van der Waals surface area contributed by atoms with Crippen molar-refractivity contribution in [1.82, 2.24) is 4.90 Å². The van der Waals surface area contributed by atoms with Crippen molar-refractivity contribution in [2.24, 2.45) is 0 Å². The summed E-state index contributed by atoms with van der Waals surface area (Å²) in [4.78, 5) is 28.4. The minimum absolute atomic E-state index is 0.198. The van der Waals surface area contributed by atoms with Crippen LogP contribution in [0.4, 0.5) is 16.2 Å². The lowest BCUT2D eigenvalue weighted by molar-refractivity contribution is 0.0285. The third kappa shape index (κ3) is 6.01. The van der Waals surface area contributed by atoms with Crippen molar-refractivity contribution in [2.45, 2.75) is 32.9 Å². The second kappa shape index (κ2) is 8.78. The molecule has 2 aromatic rings. The first-order chi connectivity index (χ1) is 13.1. The maximum Gasteiger partial charge on any atom is 0.410 e. The summed E-state index contributed by atoms with van der Waals surface area (Å²) in [5.74, 6) is -0.198. The smallest absolute Gasteiger partial charge is 0.410 e. The van der Waals surface area contributed by atoms with Crippen LogP contribution in [0, 0.1) is 0 Å². The van der Waals surface area contributed by atoms with Crippen molar-refractivity contribution in [2.75, 3.05) is 31.4 Å². The Kier molecular flexibility index (Phi) is 6.67. The van der Waals surface area contributed by atoms with Crippen LogP contribution in [0.3, 0.4) is 0 Å². The minimum Gasteiger partial charge on any atom is -0.444 e. The molecule has 0 saturated carbocycles. The fraction of sp³-hybridized carbons (Fsp3) is 0.364. The molecule has 0 aliphatic heterocycles. The first kappa shape index (κ1) is 21.3. The van der Waals surface area contributed by atoms with E-state index in [1.807, 2.05) is 82.2 Å². The molecule has 0 spiro atoms. The highest BCUT2D eigenvalue weighted by Gasteiger charge is 2.20. The fourth-order valence-electron chi connectivity index (χ4n) is 2.56. The molecule has 0 fully saturated rings. The lowest BCUT2D eigenvalue weighted by Crippen LogP contribution is -2.34. The van der Waals surface area contributed by atoms with Crippen LogP contribution < -0.4 is 10.2 Å². The molecule has 0 radical (unpaired) electrons. The number of hydrogen-bond acceptors (Lipinski definition) is 4. The largest absolute Gasteiger partial charge is 0.444 e. The van der Waals surface area contributed by atoms with Gasteiger partial charge in [-0.25, -0.2) is 4.79 Å². The summed E-state index contributed by atoms with van der Waals surface area (Å²) in [6.07, 6.45) is -0.410. The molecular formula is C22H29N3O3. The van der Waals surface area contributed by atoms with E-state index in [-0.39, 0.29) is 5.91 Å². The Morgan fingerprint density at radius 3 is 2.32 bits per heavy atom. The van der Waals surface area contributed by atoms with Gasteiger partial charge in [0.1, 0.15) is 5.60 Å². The van der Waals surface area contributed by atoms with E-state index < -0.39 is 11.7 Å². The van der Waals surface area contributed by atoms with Crippen molar-refractivity contribution in [1.29, 1.82) is 0 Å². The quantitative estimate of drug-likeness (QED) is 0.833. The standard InChI is InChI=1S/C22H29N3O3/c1-22(2,3)28-21(27)25(6)15-17-10-7-8-13-19(17)23-20(26)16-11-9-12-18(14-16)24(4)5/h7-14H,15H2,1-6H3,(H,23,26). The van der Waals surface area contributed by atoms with Crippen molar-refractivity contribution in [3.63, 3.8) is 0 Å². The summed E-state index contributed by atoms with van der Waals surface area (Å²) in [5, 5.41) is 2.95. The van der Waals surface area contributed by atoms with Crippen LogP contribution in [0.2, 0.25) is 0 Å². The molecule has 6 heteroatoms. The van der Waals surface area contributed by atoms with Gasteiger partial charge in [-0.2, -0.15) is 0 Å². The van der Waals surface area contributed by atoms with E-state index in [1.165, 1.54) is 4.90 Å². The number of nitrogens with zero attached hydrogens (tertiary/aromatic N) is 2. The predicted octanol–water partition coefficient (Wildman–Crippen LogP) is 4.37. The molecule has 28 heavy (non-hydrogen) atoms. The Morgan fingerprint density at radius 2 is 1.68 bits per heavy atom. The molecular weight excluding hydrogens is 354 g/mol. The van der Waals surface area contributed by atoms with E-state index in [4.69, 9.17) is 4.74 Å². The second-order valence-electron chi connectivity index (χ2n) is 7.89. The number of rotatable bonds is 5. The topological polar surface area (TPSA) is 61.9 Å². The van der Waals surface area contributed by atoms with Crippen LogP contribution in [0.1, 0.15) is 36.7 Å². The van der Waals surface area contributed by atoms with Crippen LogP contribution in [-0.2, 0) is 11.3 Å². The van der Waals surface area contributed by atoms with E-state index in [2.05, 4.69) is 5.32 Å². The number of carbonyl (C=O) groups excluding carboxylic acids is 2. The lowest BCUT2D eigenvalue weighted by atomic mass is 10.1. The van der Waals surface area contributed by atoms with Gasteiger partial charge < -0.3 is 19.9 Å². The fourth-order valence-corrected chi connectivity index (χ4v) is 2.56. The normalized spacial score (nSPS) is 10.9. The van der Waals surface area contributed by atoms with E-state index in [1.54, 1.807) is 13.1 Å². The van der Waals surface area contributed by atoms with Crippen molar-refractivity contribution in [3.05, 3.63) is 59.7 Å².